The molecule has 0 unspecified atom stereocenters. The van der Waals surface area contributed by atoms with E-state index in [4.69, 9.17) is 0 Å². The molecule has 2 aromatic carbocycles. The van der Waals surface area contributed by atoms with Gasteiger partial charge in [0.15, 0.2) is 9.84 Å². The summed E-state index contributed by atoms with van der Waals surface area (Å²) < 4.78 is 26.3. The van der Waals surface area contributed by atoms with Crippen molar-refractivity contribution in [3.05, 3.63) is 77.9 Å². The molecule has 1 aliphatic rings. The van der Waals surface area contributed by atoms with Crippen LogP contribution in [-0.2, 0) is 9.84 Å². The van der Waals surface area contributed by atoms with Crippen LogP contribution in [0.2, 0.25) is 0 Å². The second-order valence-corrected chi connectivity index (χ2v) is 8.56. The van der Waals surface area contributed by atoms with Gasteiger partial charge in [-0.15, -0.1) is 12.4 Å². The average molecular weight is 392 g/mol. The first-order chi connectivity index (χ1) is 12.0. The van der Waals surface area contributed by atoms with Gasteiger partial charge in [-0.1, -0.05) is 74.5 Å². The quantitative estimate of drug-likeness (QED) is 0.769. The zero-order valence-electron chi connectivity index (χ0n) is 15.2. The van der Waals surface area contributed by atoms with Crippen LogP contribution in [0, 0.1) is 0 Å². The van der Waals surface area contributed by atoms with Crippen LogP contribution in [0.3, 0.4) is 0 Å². The fraction of sp³-hybridized carbons (Fsp3) is 0.333. The molecule has 0 aromatic heterocycles. The van der Waals surface area contributed by atoms with Crippen LogP contribution >= 0.6 is 12.4 Å². The van der Waals surface area contributed by atoms with Crippen LogP contribution in [0.25, 0.3) is 0 Å². The van der Waals surface area contributed by atoms with E-state index in [0.29, 0.717) is 11.3 Å². The van der Waals surface area contributed by atoms with Gasteiger partial charge in [-0.05, 0) is 30.0 Å². The summed E-state index contributed by atoms with van der Waals surface area (Å²) in [6.07, 6.45) is 5.70. The van der Waals surface area contributed by atoms with E-state index in [2.05, 4.69) is 30.4 Å². The number of nitrogens with one attached hydrogen (secondary N) is 1. The van der Waals surface area contributed by atoms with Crippen molar-refractivity contribution in [2.45, 2.75) is 43.2 Å². The van der Waals surface area contributed by atoms with Crippen LogP contribution in [0.4, 0.5) is 0 Å². The van der Waals surface area contributed by atoms with Crippen LogP contribution in [-0.4, -0.2) is 19.7 Å². The number of benzene rings is 2. The predicted octanol–water partition coefficient (Wildman–Crippen LogP) is 4.69. The van der Waals surface area contributed by atoms with E-state index in [-0.39, 0.29) is 24.2 Å². The molecule has 5 heteroatoms. The molecule has 3 nitrogen and oxygen atoms in total. The third-order valence-corrected chi connectivity index (χ3v) is 6.82. The van der Waals surface area contributed by atoms with Gasteiger partial charge in [-0.2, -0.15) is 0 Å². The van der Waals surface area contributed by atoms with E-state index in [0.717, 1.165) is 17.5 Å². The Morgan fingerprint density at radius 3 is 2.38 bits per heavy atom. The minimum absolute atomic E-state index is 0. The number of halogens is 1. The first-order valence-electron chi connectivity index (χ1n) is 8.83. The molecule has 3 rings (SSSR count). The van der Waals surface area contributed by atoms with Crippen LogP contribution in [0.15, 0.2) is 71.6 Å². The maximum Gasteiger partial charge on any atom is 0.180 e. The van der Waals surface area contributed by atoms with Gasteiger partial charge in [0, 0.05) is 0 Å². The maximum absolute atomic E-state index is 13.1. The van der Waals surface area contributed by atoms with Gasteiger partial charge >= 0.3 is 0 Å². The zero-order chi connectivity index (χ0) is 17.9. The van der Waals surface area contributed by atoms with Crippen molar-refractivity contribution >= 4 is 22.2 Å². The SMILES string of the molecule is CCC=C[C@]1(CC)CS(=O)(=O)c2ccccc2[C@H](c2ccccc2)N1.Cl. The van der Waals surface area contributed by atoms with E-state index >= 15 is 0 Å². The molecule has 0 aliphatic carbocycles. The molecule has 26 heavy (non-hydrogen) atoms. The topological polar surface area (TPSA) is 46.2 Å². The molecule has 0 radical (unpaired) electrons. The Morgan fingerprint density at radius 1 is 1.08 bits per heavy atom. The van der Waals surface area contributed by atoms with E-state index in [1.54, 1.807) is 12.1 Å². The monoisotopic (exact) mass is 391 g/mol. The lowest BCUT2D eigenvalue weighted by Gasteiger charge is -2.33. The standard InChI is InChI=1S/C21H25NO2S.ClH/c1-3-5-15-21(4-2)16-25(23,24)19-14-10-9-13-18(19)20(22-21)17-11-7-6-8-12-17;/h5-15,20,22H,3-4,16H2,1-2H3;1H/t20-,21+;/m0./s1. The van der Waals surface area contributed by atoms with Gasteiger partial charge in [-0.3, -0.25) is 5.32 Å². The first-order valence-corrected chi connectivity index (χ1v) is 10.5. The Balaban J connectivity index is 0.00000243. The minimum Gasteiger partial charge on any atom is -0.296 e. The number of hydrogen-bond acceptors (Lipinski definition) is 3. The van der Waals surface area contributed by atoms with Crippen molar-refractivity contribution in [3.8, 4) is 0 Å². The van der Waals surface area contributed by atoms with Gasteiger partial charge in [0.1, 0.15) is 0 Å². The Hall–Kier alpha value is -1.62. The van der Waals surface area contributed by atoms with Gasteiger partial charge in [0.2, 0.25) is 0 Å². The number of rotatable bonds is 4. The number of allylic oxidation sites excluding steroid dienone is 1. The van der Waals surface area contributed by atoms with E-state index in [1.807, 2.05) is 43.3 Å². The minimum atomic E-state index is -3.38. The summed E-state index contributed by atoms with van der Waals surface area (Å²) in [5, 5.41) is 3.68. The fourth-order valence-electron chi connectivity index (χ4n) is 3.50. The van der Waals surface area contributed by atoms with Gasteiger partial charge < -0.3 is 0 Å². The summed E-state index contributed by atoms with van der Waals surface area (Å²) >= 11 is 0. The Labute approximate surface area is 162 Å². The molecule has 0 bridgehead atoms. The normalized spacial score (nSPS) is 24.5. The van der Waals surface area contributed by atoms with Crippen molar-refractivity contribution in [3.63, 3.8) is 0 Å². The van der Waals surface area contributed by atoms with Crippen molar-refractivity contribution in [1.29, 1.82) is 0 Å². The second-order valence-electron chi connectivity index (χ2n) is 6.61. The van der Waals surface area contributed by atoms with Crippen LogP contribution < -0.4 is 5.32 Å². The molecule has 2 aromatic rings. The molecule has 0 spiro atoms. The Bertz CT molecular complexity index is 865. The lowest BCUT2D eigenvalue weighted by atomic mass is 9.91. The molecule has 1 aliphatic heterocycles. The summed E-state index contributed by atoms with van der Waals surface area (Å²) in [5.74, 6) is 0.0767. The highest BCUT2D eigenvalue weighted by molar-refractivity contribution is 7.91. The summed E-state index contributed by atoms with van der Waals surface area (Å²) in [7, 11) is -3.38. The van der Waals surface area contributed by atoms with Gasteiger partial charge in [0.05, 0.1) is 22.2 Å². The van der Waals surface area contributed by atoms with Crippen LogP contribution in [0.5, 0.6) is 0 Å². The van der Waals surface area contributed by atoms with Crippen molar-refractivity contribution < 1.29 is 8.42 Å². The zero-order valence-corrected chi connectivity index (χ0v) is 16.8. The van der Waals surface area contributed by atoms with Gasteiger partial charge in [-0.25, -0.2) is 8.42 Å². The molecular weight excluding hydrogens is 366 g/mol. The average Bonchev–Trinajstić information content (AvgIpc) is 2.74. The first kappa shape index (κ1) is 20.7. The molecular formula is C21H26ClNO2S. The van der Waals surface area contributed by atoms with E-state index in [9.17, 15) is 8.42 Å². The molecule has 0 saturated heterocycles. The summed E-state index contributed by atoms with van der Waals surface area (Å²) in [5.41, 5.74) is 1.33. The molecule has 0 saturated carbocycles. The van der Waals surface area contributed by atoms with E-state index < -0.39 is 15.4 Å². The third kappa shape index (κ3) is 4.03. The predicted molar refractivity (Wildman–Crippen MR) is 110 cm³/mol. The maximum atomic E-state index is 13.1. The molecule has 0 amide bonds. The summed E-state index contributed by atoms with van der Waals surface area (Å²) in [6, 6.07) is 17.3. The molecule has 2 atom stereocenters. The molecule has 140 valence electrons. The Kier molecular flexibility index (Phi) is 6.67. The fourth-order valence-corrected chi connectivity index (χ4v) is 5.54. The Morgan fingerprint density at radius 2 is 1.73 bits per heavy atom. The largest absolute Gasteiger partial charge is 0.296 e. The lowest BCUT2D eigenvalue weighted by Crippen LogP contribution is -2.48. The summed E-state index contributed by atoms with van der Waals surface area (Å²) in [6.45, 7) is 4.11. The van der Waals surface area contributed by atoms with Crippen LogP contribution in [0.1, 0.15) is 43.9 Å². The lowest BCUT2D eigenvalue weighted by molar-refractivity contribution is 0.394. The molecule has 1 heterocycles. The highest BCUT2D eigenvalue weighted by atomic mass is 35.5. The highest BCUT2D eigenvalue weighted by Gasteiger charge is 2.40. The molecule has 0 fully saturated rings. The van der Waals surface area contributed by atoms with Gasteiger partial charge in [0.25, 0.3) is 0 Å². The van der Waals surface area contributed by atoms with Crippen molar-refractivity contribution in [1.82, 2.24) is 5.32 Å². The number of hydrogen-bond donors (Lipinski definition) is 1. The second kappa shape index (κ2) is 8.38. The van der Waals surface area contributed by atoms with Crippen molar-refractivity contribution in [2.24, 2.45) is 0 Å². The summed E-state index contributed by atoms with van der Waals surface area (Å²) in [4.78, 5) is 0.441. The number of fused-ring (bicyclic) bond motifs is 1. The third-order valence-electron chi connectivity index (χ3n) is 4.88. The highest BCUT2D eigenvalue weighted by Crippen LogP contribution is 2.36. The number of sulfone groups is 1. The smallest absolute Gasteiger partial charge is 0.180 e. The van der Waals surface area contributed by atoms with E-state index in [1.165, 1.54) is 0 Å². The molecule has 1 N–H and O–H groups in total. The van der Waals surface area contributed by atoms with Crippen molar-refractivity contribution in [2.75, 3.05) is 5.75 Å².